The van der Waals surface area contributed by atoms with E-state index in [0.29, 0.717) is 77.0 Å². The Morgan fingerprint density at radius 3 is 0.663 bits per heavy atom. The van der Waals surface area contributed by atoms with E-state index in [2.05, 4.69) is 27.7 Å². The van der Waals surface area contributed by atoms with Crippen molar-refractivity contribution in [1.82, 2.24) is 0 Å². The van der Waals surface area contributed by atoms with E-state index in [9.17, 15) is 99.6 Å². The van der Waals surface area contributed by atoms with E-state index in [1.165, 1.54) is 22.3 Å². The first-order chi connectivity index (χ1) is 48.7. The van der Waals surface area contributed by atoms with Gasteiger partial charge in [0.25, 0.3) is 0 Å². The molecule has 12 N–H and O–H groups in total. The normalized spacial score (nSPS) is 50.5. The van der Waals surface area contributed by atoms with Crippen molar-refractivity contribution >= 4 is 46.3 Å². The second kappa shape index (κ2) is 26.8. The molecule has 104 heavy (non-hydrogen) atoms. The molecule has 0 amide bonds. The molecule has 0 heterocycles. The van der Waals surface area contributed by atoms with E-state index >= 15 is 0 Å². The molecule has 12 saturated carbocycles. The van der Waals surface area contributed by atoms with Gasteiger partial charge in [0.15, 0.2) is 46.3 Å². The van der Waals surface area contributed by atoms with E-state index in [-0.39, 0.29) is 116 Å². The van der Waals surface area contributed by atoms with Crippen LogP contribution >= 0.6 is 0 Å². The molecule has 0 aromatic rings. The summed E-state index contributed by atoms with van der Waals surface area (Å²) < 4.78 is 0. The molecule has 0 aromatic heterocycles. The van der Waals surface area contributed by atoms with Crippen molar-refractivity contribution in [3.63, 3.8) is 0 Å². The molecule has 0 bridgehead atoms. The fraction of sp³-hybridized carbons (Fsp3) is 0.810. The fourth-order valence-corrected chi connectivity index (χ4v) is 29.1. The first-order valence-electron chi connectivity index (χ1n) is 39.8. The van der Waals surface area contributed by atoms with Crippen LogP contribution in [0.4, 0.5) is 0 Å². The number of allylic oxidation sites excluding steroid dienone is 4. The summed E-state index contributed by atoms with van der Waals surface area (Å²) in [7, 11) is 0. The fourth-order valence-electron chi connectivity index (χ4n) is 29.1. The molecule has 20 heteroatoms. The molecule has 0 spiro atoms. The third-order valence-corrected chi connectivity index (χ3v) is 34.6. The summed E-state index contributed by atoms with van der Waals surface area (Å²) in [6, 6.07) is 0. The molecule has 16 aliphatic carbocycles. The largest absolute Gasteiger partial charge is 0.393 e. The van der Waals surface area contributed by atoms with Gasteiger partial charge in [-0.15, -0.1) is 0 Å². The highest BCUT2D eigenvalue weighted by Gasteiger charge is 2.73. The quantitative estimate of drug-likeness (QED) is 0.115. The predicted molar refractivity (Wildman–Crippen MR) is 381 cm³/mol. The van der Waals surface area contributed by atoms with Gasteiger partial charge in [-0.25, -0.2) is 0 Å². The minimum Gasteiger partial charge on any atom is -0.393 e. The summed E-state index contributed by atoms with van der Waals surface area (Å²) in [5.74, 6) is 0.560. The van der Waals surface area contributed by atoms with E-state index in [0.717, 1.165) is 103 Å². The van der Waals surface area contributed by atoms with Crippen LogP contribution in [-0.2, 0) is 38.4 Å². The zero-order valence-corrected chi connectivity index (χ0v) is 62.8. The van der Waals surface area contributed by atoms with Gasteiger partial charge in [0.2, 0.25) is 0 Å². The zero-order chi connectivity index (χ0) is 75.6. The van der Waals surface area contributed by atoms with Crippen molar-refractivity contribution < 1.29 is 99.6 Å². The molecule has 16 rings (SSSR count). The summed E-state index contributed by atoms with van der Waals surface area (Å²) >= 11 is 0. The third kappa shape index (κ3) is 11.1. The van der Waals surface area contributed by atoms with Gasteiger partial charge in [-0.3, -0.25) is 38.4 Å². The molecule has 16 aliphatic rings. The topological polar surface area (TPSA) is 379 Å². The molecule has 12 fully saturated rings. The highest BCUT2D eigenvalue weighted by molar-refractivity contribution is 5.94. The number of carbonyl (C=O) groups is 8. The standard InChI is InChI=1S/4C21H30O5/c4*1-19-7-5-13(23)9-12(19)3-4-14-15-6-8-21(26,17(25)11-22)20(15,2)10-16(24)18(14)19/h4*9,14-16,18,22,24,26H,3-8,10-11H2,1-2H3/t4*14-,15-,16-,18+,19-,20-,21-/m0000/s1. The zero-order valence-electron chi connectivity index (χ0n) is 62.8. The first kappa shape index (κ1) is 78.0. The maximum atomic E-state index is 12.4. The first-order valence-corrected chi connectivity index (χ1v) is 39.8. The summed E-state index contributed by atoms with van der Waals surface area (Å²) in [4.78, 5) is 97.0. The second-order valence-corrected chi connectivity index (χ2v) is 38.2. The number of Topliss-reactive ketones (excluding diaryl/α,β-unsaturated/α-hetero) is 4. The molecule has 0 saturated heterocycles. The lowest BCUT2D eigenvalue weighted by atomic mass is 9.45. The number of carbonyl (C=O) groups excluding carboxylic acids is 8. The monoisotopic (exact) mass is 1450 g/mol. The van der Waals surface area contributed by atoms with Crippen molar-refractivity contribution in [2.45, 2.75) is 282 Å². The molecule has 28 atom stereocenters. The summed E-state index contributed by atoms with van der Waals surface area (Å²) in [6.07, 6.45) is 22.9. The van der Waals surface area contributed by atoms with E-state index < -0.39 is 118 Å². The Balaban J connectivity index is 0.000000123. The Morgan fingerprint density at radius 2 is 0.490 bits per heavy atom. The maximum absolute atomic E-state index is 12.4. The lowest BCUT2D eigenvalue weighted by molar-refractivity contribution is -0.182. The van der Waals surface area contributed by atoms with Crippen LogP contribution in [0.15, 0.2) is 46.6 Å². The number of aliphatic hydroxyl groups is 12. The molecule has 0 radical (unpaired) electrons. The van der Waals surface area contributed by atoms with Crippen molar-refractivity contribution in [2.75, 3.05) is 26.4 Å². The van der Waals surface area contributed by atoms with Crippen LogP contribution in [-0.4, -0.2) is 181 Å². The van der Waals surface area contributed by atoms with Crippen molar-refractivity contribution in [3.05, 3.63) is 46.6 Å². The minimum atomic E-state index is -1.54. The van der Waals surface area contributed by atoms with E-state index in [1.54, 1.807) is 24.3 Å². The number of hydrogen-bond acceptors (Lipinski definition) is 20. The molecule has 576 valence electrons. The minimum absolute atomic E-state index is 0.0697. The van der Waals surface area contributed by atoms with Crippen LogP contribution in [0.1, 0.15) is 235 Å². The van der Waals surface area contributed by atoms with Crippen LogP contribution in [0, 0.1) is 114 Å². The van der Waals surface area contributed by atoms with Gasteiger partial charge in [0, 0.05) is 47.3 Å². The van der Waals surface area contributed by atoms with Gasteiger partial charge in [-0.1, -0.05) is 77.7 Å². The average molecular weight is 1450 g/mol. The Labute approximate surface area is 612 Å². The highest BCUT2D eigenvalue weighted by Crippen LogP contribution is 2.73. The van der Waals surface area contributed by atoms with Crippen molar-refractivity contribution in [3.8, 4) is 0 Å². The van der Waals surface area contributed by atoms with E-state index in [1.807, 2.05) is 27.7 Å². The van der Waals surface area contributed by atoms with Gasteiger partial charge >= 0.3 is 0 Å². The van der Waals surface area contributed by atoms with E-state index in [4.69, 9.17) is 0 Å². The van der Waals surface area contributed by atoms with Gasteiger partial charge < -0.3 is 61.3 Å². The molecular formula is C84H120O20. The van der Waals surface area contributed by atoms with Crippen LogP contribution in [0.25, 0.3) is 0 Å². The molecule has 0 unspecified atom stereocenters. The Kier molecular flexibility index (Phi) is 20.1. The Bertz CT molecular complexity index is 3200. The molecule has 20 nitrogen and oxygen atoms in total. The number of ketones is 8. The molecule has 0 aromatic carbocycles. The average Bonchev–Trinajstić information content (AvgIpc) is 1.43. The smallest absolute Gasteiger partial charge is 0.190 e. The lowest BCUT2D eigenvalue weighted by Gasteiger charge is -2.60. The van der Waals surface area contributed by atoms with Crippen LogP contribution in [0.5, 0.6) is 0 Å². The Hall–Kier alpha value is -4.16. The van der Waals surface area contributed by atoms with Crippen LogP contribution in [0.3, 0.4) is 0 Å². The van der Waals surface area contributed by atoms with Crippen molar-refractivity contribution in [1.29, 1.82) is 0 Å². The Morgan fingerprint density at radius 1 is 0.308 bits per heavy atom. The predicted octanol–water partition coefficient (Wildman–Crippen LogP) is 7.13. The maximum Gasteiger partial charge on any atom is 0.190 e. The molecule has 0 aliphatic heterocycles. The number of aliphatic hydroxyl groups excluding tert-OH is 8. The van der Waals surface area contributed by atoms with Crippen molar-refractivity contribution in [2.24, 2.45) is 114 Å². The summed E-state index contributed by atoms with van der Waals surface area (Å²) in [5.41, 5.74) is -4.93. The van der Waals surface area contributed by atoms with Gasteiger partial charge in [0.1, 0.15) is 48.8 Å². The molecular weight excluding hydrogens is 1330 g/mol. The van der Waals surface area contributed by atoms with Crippen LogP contribution in [0.2, 0.25) is 0 Å². The summed E-state index contributed by atoms with van der Waals surface area (Å²) in [5, 5.41) is 127. The SMILES string of the molecule is C[C@]12CCC(=O)C=C1CC[C@@H]1[C@@H]2[C@@H](O)C[C@@]2(C)[C@H]1CC[C@]2(O)C(=O)CO.C[C@]12CCC(=O)C=C1CC[C@@H]1[C@@H]2[C@@H](O)C[C@@]2(C)[C@H]1CC[C@]2(O)C(=O)CO.C[C@]12CCC(=O)C=C1CC[C@@H]1[C@@H]2[C@@H](O)C[C@@]2(C)[C@H]1CC[C@]2(O)C(=O)CO.C[C@]12CCC(=O)C=C1CC[C@@H]1[C@@H]2[C@@H](O)C[C@@]2(C)[C@H]1CC[C@]2(O)C(=O)CO. The van der Waals surface area contributed by atoms with Gasteiger partial charge in [0.05, 0.1) is 24.4 Å². The van der Waals surface area contributed by atoms with Gasteiger partial charge in [-0.05, 0) is 271 Å². The van der Waals surface area contributed by atoms with Crippen LogP contribution < -0.4 is 0 Å². The third-order valence-electron chi connectivity index (χ3n) is 34.6. The highest BCUT2D eigenvalue weighted by atomic mass is 16.3. The lowest BCUT2D eigenvalue weighted by Crippen LogP contribution is -2.62. The summed E-state index contributed by atoms with van der Waals surface area (Å²) in [6.45, 7) is 13.8. The second-order valence-electron chi connectivity index (χ2n) is 38.2. The number of rotatable bonds is 8. The number of hydrogen-bond donors (Lipinski definition) is 12. The number of fused-ring (bicyclic) bond motifs is 20. The van der Waals surface area contributed by atoms with Gasteiger partial charge in [-0.2, -0.15) is 0 Å².